The summed E-state index contributed by atoms with van der Waals surface area (Å²) in [5.41, 5.74) is 0. The third-order valence-corrected chi connectivity index (χ3v) is 13.2. The van der Waals surface area contributed by atoms with Crippen LogP contribution in [0.25, 0.3) is 0 Å². The maximum Gasteiger partial charge on any atom is 0.175 e. The summed E-state index contributed by atoms with van der Waals surface area (Å²) in [6, 6.07) is 23.8. The van der Waals surface area contributed by atoms with Gasteiger partial charge in [0.1, 0.15) is 0 Å². The first-order valence-corrected chi connectivity index (χ1v) is 15.2. The Balaban J connectivity index is 2.19. The largest absolute Gasteiger partial charge is 0.175 e. The quantitative estimate of drug-likeness (QED) is 0.546. The van der Waals surface area contributed by atoms with E-state index in [1.165, 1.54) is 18.2 Å². The highest BCUT2D eigenvalue weighted by Crippen LogP contribution is 2.22. The predicted octanol–water partition coefficient (Wildman–Crippen LogP) is 3.99. The summed E-state index contributed by atoms with van der Waals surface area (Å²) in [7, 11) is -2.04. The van der Waals surface area contributed by atoms with E-state index in [0.29, 0.717) is 0 Å². The van der Waals surface area contributed by atoms with Crippen LogP contribution >= 0.6 is 11.2 Å². The summed E-state index contributed by atoms with van der Waals surface area (Å²) >= 11 is 2.23. The van der Waals surface area contributed by atoms with Crippen molar-refractivity contribution in [2.45, 2.75) is 32.1 Å². The molecular formula is C18H26SSi2. The van der Waals surface area contributed by atoms with E-state index in [4.69, 9.17) is 0 Å². The Hall–Kier alpha value is -0.776. The van der Waals surface area contributed by atoms with Gasteiger partial charge in [-0.05, 0) is 22.5 Å². The lowest BCUT2D eigenvalue weighted by Gasteiger charge is -2.28. The van der Waals surface area contributed by atoms with Gasteiger partial charge in [0, 0.05) is 8.80 Å². The smallest absolute Gasteiger partial charge is 0.174 e. The maximum absolute atomic E-state index is 2.51. The van der Waals surface area contributed by atoms with Gasteiger partial charge in [0.15, 0.2) is 7.22 Å². The molecule has 0 aromatic heterocycles. The Labute approximate surface area is 136 Å². The zero-order valence-corrected chi connectivity index (χ0v) is 16.4. The average Bonchev–Trinajstić information content (AvgIpc) is 2.53. The van der Waals surface area contributed by atoms with Gasteiger partial charge in [-0.25, -0.2) is 0 Å². The van der Waals surface area contributed by atoms with Gasteiger partial charge < -0.3 is 0 Å². The zero-order chi connectivity index (χ0) is 15.1. The van der Waals surface area contributed by atoms with Gasteiger partial charge in [-0.1, -0.05) is 86.3 Å². The van der Waals surface area contributed by atoms with E-state index < -0.39 is 16.0 Å². The number of benzene rings is 2. The van der Waals surface area contributed by atoms with Crippen LogP contribution in [0.5, 0.6) is 0 Å². The minimum atomic E-state index is -1.64. The average molecular weight is 331 g/mol. The lowest BCUT2D eigenvalue weighted by atomic mass is 10.4. The molecule has 3 heteroatoms. The topological polar surface area (TPSA) is 0 Å². The molecule has 112 valence electrons. The second-order valence-electron chi connectivity index (χ2n) is 6.15. The standard InChI is InChI=1S/C18H26SSi2/c1-20(2)16-10-15-19-21(3,17-11-6-4-7-12-17)18-13-8-5-9-14-18/h4-9,11-14,20H,10,15-16H2,1-3H3. The van der Waals surface area contributed by atoms with Crippen molar-refractivity contribution in [1.82, 2.24) is 0 Å². The summed E-state index contributed by atoms with van der Waals surface area (Å²) in [6.07, 6.45) is 1.39. The summed E-state index contributed by atoms with van der Waals surface area (Å²) < 4.78 is 0. The van der Waals surface area contributed by atoms with Crippen LogP contribution in [0.1, 0.15) is 6.42 Å². The number of hydrogen-bond acceptors (Lipinski definition) is 1. The molecule has 0 aliphatic rings. The van der Waals surface area contributed by atoms with Crippen LogP contribution in [0.2, 0.25) is 25.7 Å². The first-order valence-electron chi connectivity index (χ1n) is 7.88. The first kappa shape index (κ1) is 16.6. The zero-order valence-electron chi connectivity index (χ0n) is 13.4. The fraction of sp³-hybridized carbons (Fsp3) is 0.333. The highest BCUT2D eigenvalue weighted by Gasteiger charge is 2.32. The van der Waals surface area contributed by atoms with E-state index in [1.807, 2.05) is 0 Å². The molecule has 0 aliphatic carbocycles. The summed E-state index contributed by atoms with van der Waals surface area (Å²) in [5, 5.41) is 3.09. The van der Waals surface area contributed by atoms with E-state index >= 15 is 0 Å². The highest BCUT2D eigenvalue weighted by molar-refractivity contribution is 8.31. The van der Waals surface area contributed by atoms with Crippen LogP contribution in [0.15, 0.2) is 60.7 Å². The van der Waals surface area contributed by atoms with Crippen molar-refractivity contribution in [3.05, 3.63) is 60.7 Å². The molecule has 2 aromatic carbocycles. The van der Waals surface area contributed by atoms with E-state index in [2.05, 4.69) is 91.5 Å². The molecule has 0 radical (unpaired) electrons. The predicted molar refractivity (Wildman–Crippen MR) is 105 cm³/mol. The van der Waals surface area contributed by atoms with Crippen molar-refractivity contribution in [2.75, 3.05) is 5.75 Å². The van der Waals surface area contributed by atoms with E-state index in [1.54, 1.807) is 10.4 Å². The van der Waals surface area contributed by atoms with E-state index in [-0.39, 0.29) is 0 Å². The Bertz CT molecular complexity index is 486. The Kier molecular flexibility index (Phi) is 6.33. The molecule has 0 saturated carbocycles. The van der Waals surface area contributed by atoms with Gasteiger partial charge in [0.05, 0.1) is 0 Å². The molecule has 0 spiro atoms. The molecule has 0 N–H and O–H groups in total. The van der Waals surface area contributed by atoms with Gasteiger partial charge in [-0.3, -0.25) is 0 Å². The van der Waals surface area contributed by atoms with Crippen LogP contribution in [0, 0.1) is 0 Å². The van der Waals surface area contributed by atoms with E-state index in [0.717, 1.165) is 0 Å². The first-order chi connectivity index (χ1) is 10.1. The van der Waals surface area contributed by atoms with Gasteiger partial charge in [0.2, 0.25) is 0 Å². The molecule has 0 aliphatic heterocycles. The summed E-state index contributed by atoms with van der Waals surface area (Å²) in [6.45, 7) is 7.42. The monoisotopic (exact) mass is 330 g/mol. The SMILES string of the molecule is C[SiH](C)CCCS[Si](C)(c1ccccc1)c1ccccc1. The van der Waals surface area contributed by atoms with Gasteiger partial charge in [0.25, 0.3) is 0 Å². The fourth-order valence-corrected chi connectivity index (χ4v) is 10.4. The number of rotatable bonds is 7. The Morgan fingerprint density at radius 1 is 0.857 bits per heavy atom. The summed E-state index contributed by atoms with van der Waals surface area (Å²) in [5.74, 6) is 1.30. The molecule has 2 rings (SSSR count). The molecule has 0 nitrogen and oxygen atoms in total. The van der Waals surface area contributed by atoms with Crippen molar-refractivity contribution in [3.63, 3.8) is 0 Å². The number of hydrogen-bond donors (Lipinski definition) is 0. The van der Waals surface area contributed by atoms with Crippen molar-refractivity contribution in [2.24, 2.45) is 0 Å². The van der Waals surface area contributed by atoms with Crippen molar-refractivity contribution >= 4 is 37.6 Å². The summed E-state index contributed by atoms with van der Waals surface area (Å²) in [4.78, 5) is 0. The maximum atomic E-state index is 2.51. The molecule has 0 saturated heterocycles. The minimum Gasteiger partial charge on any atom is -0.174 e. The van der Waals surface area contributed by atoms with Crippen molar-refractivity contribution < 1.29 is 0 Å². The molecule has 0 atom stereocenters. The molecule has 0 amide bonds. The molecule has 21 heavy (non-hydrogen) atoms. The Morgan fingerprint density at radius 2 is 1.33 bits per heavy atom. The van der Waals surface area contributed by atoms with Crippen LogP contribution in [-0.4, -0.2) is 21.8 Å². The Morgan fingerprint density at radius 3 is 1.76 bits per heavy atom. The minimum absolute atomic E-state index is 0.402. The molecule has 0 unspecified atom stereocenters. The van der Waals surface area contributed by atoms with Crippen molar-refractivity contribution in [3.8, 4) is 0 Å². The molecular weight excluding hydrogens is 304 g/mol. The van der Waals surface area contributed by atoms with Crippen LogP contribution < -0.4 is 10.4 Å². The normalized spacial score (nSPS) is 11.8. The van der Waals surface area contributed by atoms with Crippen LogP contribution in [0.3, 0.4) is 0 Å². The van der Waals surface area contributed by atoms with Crippen LogP contribution in [0.4, 0.5) is 0 Å². The third kappa shape index (κ3) is 4.60. The molecule has 0 fully saturated rings. The van der Waals surface area contributed by atoms with Crippen molar-refractivity contribution in [1.29, 1.82) is 0 Å². The lowest BCUT2D eigenvalue weighted by Crippen LogP contribution is -2.53. The third-order valence-electron chi connectivity index (χ3n) is 3.97. The van der Waals surface area contributed by atoms with Gasteiger partial charge in [-0.2, -0.15) is 11.2 Å². The van der Waals surface area contributed by atoms with Gasteiger partial charge in [-0.15, -0.1) is 0 Å². The molecule has 2 aromatic rings. The lowest BCUT2D eigenvalue weighted by molar-refractivity contribution is 1.08. The van der Waals surface area contributed by atoms with Gasteiger partial charge >= 0.3 is 0 Å². The second-order valence-corrected chi connectivity index (χ2v) is 16.7. The molecule has 0 heterocycles. The molecule has 0 bridgehead atoms. The van der Waals surface area contributed by atoms with Crippen LogP contribution in [-0.2, 0) is 0 Å². The highest BCUT2D eigenvalue weighted by atomic mass is 32.4. The second kappa shape index (κ2) is 8.01. The fourth-order valence-electron chi connectivity index (χ4n) is 2.61. The van der Waals surface area contributed by atoms with E-state index in [9.17, 15) is 0 Å².